The van der Waals surface area contributed by atoms with E-state index in [-0.39, 0.29) is 5.75 Å². The van der Waals surface area contributed by atoms with E-state index in [9.17, 15) is 8.42 Å². The molecule has 0 spiro atoms. The highest BCUT2D eigenvalue weighted by atomic mass is 32.2. The Morgan fingerprint density at radius 1 is 1.23 bits per heavy atom. The lowest BCUT2D eigenvalue weighted by Crippen LogP contribution is -2.37. The molecule has 1 aromatic carbocycles. The van der Waals surface area contributed by atoms with Crippen LogP contribution in [0.4, 0.5) is 0 Å². The molecule has 22 heavy (non-hydrogen) atoms. The summed E-state index contributed by atoms with van der Waals surface area (Å²) in [4.78, 5) is 4.22. The van der Waals surface area contributed by atoms with E-state index in [2.05, 4.69) is 23.3 Å². The van der Waals surface area contributed by atoms with E-state index < -0.39 is 9.84 Å². The Morgan fingerprint density at radius 3 is 2.73 bits per heavy atom. The highest BCUT2D eigenvalue weighted by molar-refractivity contribution is 7.91. The molecule has 1 aliphatic rings. The Bertz CT molecular complexity index is 722. The number of sulfone groups is 1. The van der Waals surface area contributed by atoms with E-state index in [0.717, 1.165) is 19.4 Å². The van der Waals surface area contributed by atoms with E-state index in [1.165, 1.54) is 10.4 Å². The van der Waals surface area contributed by atoms with Crippen LogP contribution in [0.2, 0.25) is 0 Å². The molecule has 3 rings (SSSR count). The highest BCUT2D eigenvalue weighted by Crippen LogP contribution is 2.35. The second-order valence-corrected chi connectivity index (χ2v) is 8.75. The van der Waals surface area contributed by atoms with E-state index >= 15 is 0 Å². The first kappa shape index (κ1) is 15.7. The minimum Gasteiger partial charge on any atom is -0.295 e. The Hall–Kier alpha value is -1.17. The number of thiophene rings is 1. The third-order valence-electron chi connectivity index (χ3n) is 4.34. The Balaban J connectivity index is 1.72. The van der Waals surface area contributed by atoms with Crippen LogP contribution in [0, 0.1) is 0 Å². The van der Waals surface area contributed by atoms with Gasteiger partial charge in [-0.05, 0) is 42.0 Å². The highest BCUT2D eigenvalue weighted by Gasteiger charge is 2.28. The van der Waals surface area contributed by atoms with E-state index in [4.69, 9.17) is 0 Å². The van der Waals surface area contributed by atoms with Crippen molar-refractivity contribution in [2.24, 2.45) is 0 Å². The topological polar surface area (TPSA) is 37.4 Å². The SMILES string of the molecule is CCC1c2ccsc2CCN1CCS(=O)(=O)c1ccccc1. The van der Waals surface area contributed by atoms with Crippen LogP contribution < -0.4 is 0 Å². The van der Waals surface area contributed by atoms with Gasteiger partial charge in [0.15, 0.2) is 9.84 Å². The third-order valence-corrected chi connectivity index (χ3v) is 7.05. The number of fused-ring (bicyclic) bond motifs is 1. The van der Waals surface area contributed by atoms with Gasteiger partial charge in [-0.15, -0.1) is 11.3 Å². The first-order valence-corrected chi connectivity index (χ1v) is 10.2. The maximum Gasteiger partial charge on any atom is 0.179 e. The second-order valence-electron chi connectivity index (χ2n) is 5.64. The molecule has 2 aromatic rings. The number of hydrogen-bond acceptors (Lipinski definition) is 4. The van der Waals surface area contributed by atoms with E-state index in [0.29, 0.717) is 17.5 Å². The Labute approximate surface area is 136 Å². The van der Waals surface area contributed by atoms with Crippen LogP contribution in [-0.2, 0) is 16.3 Å². The fourth-order valence-corrected chi connectivity index (χ4v) is 5.39. The average Bonchev–Trinajstić information content (AvgIpc) is 3.02. The van der Waals surface area contributed by atoms with Crippen molar-refractivity contribution in [2.45, 2.75) is 30.7 Å². The third kappa shape index (κ3) is 3.12. The number of hydrogen-bond donors (Lipinski definition) is 0. The number of benzene rings is 1. The van der Waals surface area contributed by atoms with Crippen molar-refractivity contribution in [1.29, 1.82) is 0 Å². The van der Waals surface area contributed by atoms with Gasteiger partial charge in [-0.2, -0.15) is 0 Å². The summed E-state index contributed by atoms with van der Waals surface area (Å²) in [6.07, 6.45) is 2.06. The Morgan fingerprint density at radius 2 is 2.00 bits per heavy atom. The zero-order valence-corrected chi connectivity index (χ0v) is 14.4. The van der Waals surface area contributed by atoms with Crippen LogP contribution >= 0.6 is 11.3 Å². The molecule has 0 amide bonds. The summed E-state index contributed by atoms with van der Waals surface area (Å²) in [5, 5.41) is 2.15. The molecule has 1 aliphatic heterocycles. The zero-order chi connectivity index (χ0) is 15.6. The summed E-state index contributed by atoms with van der Waals surface area (Å²) in [5.74, 6) is 0.187. The molecule has 2 heterocycles. The molecule has 0 bridgehead atoms. The predicted molar refractivity (Wildman–Crippen MR) is 91.1 cm³/mol. The van der Waals surface area contributed by atoms with Crippen molar-refractivity contribution in [3.8, 4) is 0 Å². The monoisotopic (exact) mass is 335 g/mol. The van der Waals surface area contributed by atoms with Gasteiger partial charge in [0.25, 0.3) is 0 Å². The summed E-state index contributed by atoms with van der Waals surface area (Å²) in [5.41, 5.74) is 1.40. The van der Waals surface area contributed by atoms with Gasteiger partial charge in [0.2, 0.25) is 0 Å². The van der Waals surface area contributed by atoms with Gasteiger partial charge < -0.3 is 0 Å². The fraction of sp³-hybridized carbons (Fsp3) is 0.412. The Kier molecular flexibility index (Phi) is 4.66. The van der Waals surface area contributed by atoms with Crippen LogP contribution in [-0.4, -0.2) is 32.2 Å². The molecule has 0 fully saturated rings. The molecular formula is C17H21NO2S2. The van der Waals surface area contributed by atoms with Crippen molar-refractivity contribution < 1.29 is 8.42 Å². The van der Waals surface area contributed by atoms with Crippen LogP contribution in [0.3, 0.4) is 0 Å². The summed E-state index contributed by atoms with van der Waals surface area (Å²) >= 11 is 1.82. The van der Waals surface area contributed by atoms with Gasteiger partial charge in [0.05, 0.1) is 10.6 Å². The standard InChI is InChI=1S/C17H21NO2S2/c1-2-16-15-9-12-21-17(15)8-10-18(16)11-13-22(19,20)14-6-4-3-5-7-14/h3-7,9,12,16H,2,8,10-11,13H2,1H3. The first-order chi connectivity index (χ1) is 10.6. The number of nitrogens with zero attached hydrogens (tertiary/aromatic N) is 1. The van der Waals surface area contributed by atoms with Crippen LogP contribution in [0.1, 0.15) is 29.8 Å². The summed E-state index contributed by atoms with van der Waals surface area (Å²) in [7, 11) is -3.19. The zero-order valence-electron chi connectivity index (χ0n) is 12.7. The molecule has 118 valence electrons. The van der Waals surface area contributed by atoms with E-state index in [1.807, 2.05) is 17.4 Å². The molecule has 0 saturated carbocycles. The minimum atomic E-state index is -3.19. The molecule has 0 radical (unpaired) electrons. The number of rotatable bonds is 5. The van der Waals surface area contributed by atoms with Crippen molar-refractivity contribution in [1.82, 2.24) is 4.90 Å². The lowest BCUT2D eigenvalue weighted by molar-refractivity contribution is 0.193. The van der Waals surface area contributed by atoms with Gasteiger partial charge in [-0.25, -0.2) is 8.42 Å². The second kappa shape index (κ2) is 6.52. The summed E-state index contributed by atoms with van der Waals surface area (Å²) in [6, 6.07) is 11.3. The molecule has 0 N–H and O–H groups in total. The maximum absolute atomic E-state index is 12.4. The molecule has 3 nitrogen and oxygen atoms in total. The molecule has 1 atom stereocenters. The minimum absolute atomic E-state index is 0.187. The summed E-state index contributed by atoms with van der Waals surface area (Å²) in [6.45, 7) is 3.73. The fourth-order valence-electron chi connectivity index (χ4n) is 3.18. The molecule has 0 saturated heterocycles. The van der Waals surface area contributed by atoms with Crippen molar-refractivity contribution >= 4 is 21.2 Å². The normalized spacial score (nSPS) is 19.0. The average molecular weight is 335 g/mol. The molecular weight excluding hydrogens is 314 g/mol. The lowest BCUT2D eigenvalue weighted by atomic mass is 9.98. The predicted octanol–water partition coefficient (Wildman–Crippen LogP) is 3.53. The largest absolute Gasteiger partial charge is 0.295 e. The maximum atomic E-state index is 12.4. The van der Waals surface area contributed by atoms with Crippen LogP contribution in [0.25, 0.3) is 0 Å². The summed E-state index contributed by atoms with van der Waals surface area (Å²) < 4.78 is 24.9. The van der Waals surface area contributed by atoms with Gasteiger partial charge in [0.1, 0.15) is 0 Å². The lowest BCUT2D eigenvalue weighted by Gasteiger charge is -2.35. The molecule has 1 unspecified atom stereocenters. The van der Waals surface area contributed by atoms with Gasteiger partial charge in [-0.3, -0.25) is 4.90 Å². The van der Waals surface area contributed by atoms with Gasteiger partial charge >= 0.3 is 0 Å². The smallest absolute Gasteiger partial charge is 0.179 e. The van der Waals surface area contributed by atoms with Crippen LogP contribution in [0.15, 0.2) is 46.7 Å². The molecule has 1 aromatic heterocycles. The first-order valence-electron chi connectivity index (χ1n) is 7.70. The molecule has 5 heteroatoms. The van der Waals surface area contributed by atoms with Crippen LogP contribution in [0.5, 0.6) is 0 Å². The van der Waals surface area contributed by atoms with Gasteiger partial charge in [0, 0.05) is 24.0 Å². The van der Waals surface area contributed by atoms with E-state index in [1.54, 1.807) is 24.3 Å². The van der Waals surface area contributed by atoms with Gasteiger partial charge in [-0.1, -0.05) is 25.1 Å². The van der Waals surface area contributed by atoms with Crippen molar-refractivity contribution in [2.75, 3.05) is 18.8 Å². The molecule has 0 aliphatic carbocycles. The quantitative estimate of drug-likeness (QED) is 0.839. The van der Waals surface area contributed by atoms with Crippen molar-refractivity contribution in [3.05, 3.63) is 52.2 Å². The van der Waals surface area contributed by atoms with Crippen molar-refractivity contribution in [3.63, 3.8) is 0 Å².